The van der Waals surface area contributed by atoms with Crippen molar-refractivity contribution in [2.45, 2.75) is 0 Å². The van der Waals surface area contributed by atoms with Crippen molar-refractivity contribution in [1.82, 2.24) is 0 Å². The molecule has 0 saturated carbocycles. The van der Waals surface area contributed by atoms with Gasteiger partial charge in [-0.1, -0.05) is 66.7 Å². The fourth-order valence-electron chi connectivity index (χ4n) is 3.97. The summed E-state index contributed by atoms with van der Waals surface area (Å²) in [5.41, 5.74) is 7.33. The second-order valence-corrected chi connectivity index (χ2v) is 7.86. The molecule has 3 heteroatoms. The summed E-state index contributed by atoms with van der Waals surface area (Å²) in [5, 5.41) is 19.4. The van der Waals surface area contributed by atoms with Gasteiger partial charge in [0, 0.05) is 17.1 Å². The molecule has 0 aliphatic carbocycles. The Morgan fingerprint density at radius 2 is 0.848 bits per heavy atom. The Balaban J connectivity index is 1.51. The van der Waals surface area contributed by atoms with Gasteiger partial charge in [-0.25, -0.2) is 0 Å². The molecule has 0 spiro atoms. The lowest BCUT2D eigenvalue weighted by molar-refractivity contribution is 0.475. The molecule has 160 valence electrons. The lowest BCUT2D eigenvalue weighted by Gasteiger charge is -2.26. The molecule has 0 heterocycles. The molecular weight excluding hydrogens is 406 g/mol. The van der Waals surface area contributed by atoms with Crippen LogP contribution < -0.4 is 4.90 Å². The normalized spacial score (nSPS) is 10.7. The molecule has 2 N–H and O–H groups in total. The van der Waals surface area contributed by atoms with Crippen LogP contribution in [0.25, 0.3) is 22.3 Å². The first kappa shape index (κ1) is 20.4. The zero-order valence-corrected chi connectivity index (χ0v) is 18.0. The largest absolute Gasteiger partial charge is 0.508 e. The van der Waals surface area contributed by atoms with Crippen molar-refractivity contribution in [3.05, 3.63) is 127 Å². The number of anilines is 3. The first-order chi connectivity index (χ1) is 16.2. The van der Waals surface area contributed by atoms with E-state index in [1.165, 1.54) is 0 Å². The van der Waals surface area contributed by atoms with E-state index in [-0.39, 0.29) is 11.5 Å². The lowest BCUT2D eigenvalue weighted by atomic mass is 10.0. The van der Waals surface area contributed by atoms with Crippen LogP contribution in [0.5, 0.6) is 11.5 Å². The summed E-state index contributed by atoms with van der Waals surface area (Å²) in [4.78, 5) is 2.22. The molecule has 0 aliphatic heterocycles. The van der Waals surface area contributed by atoms with Gasteiger partial charge < -0.3 is 15.1 Å². The summed E-state index contributed by atoms with van der Waals surface area (Å²) in [6, 6.07) is 41.6. The summed E-state index contributed by atoms with van der Waals surface area (Å²) in [5.74, 6) is 0.524. The van der Waals surface area contributed by atoms with E-state index in [9.17, 15) is 10.2 Å². The van der Waals surface area contributed by atoms with Crippen LogP contribution in [0.4, 0.5) is 17.1 Å². The maximum Gasteiger partial charge on any atom is 0.116 e. The van der Waals surface area contributed by atoms with Gasteiger partial charge in [0.05, 0.1) is 0 Å². The highest BCUT2D eigenvalue weighted by Gasteiger charge is 2.13. The van der Waals surface area contributed by atoms with Crippen LogP contribution in [0.15, 0.2) is 127 Å². The second kappa shape index (κ2) is 8.93. The third-order valence-electron chi connectivity index (χ3n) is 5.65. The molecule has 5 aromatic rings. The summed E-state index contributed by atoms with van der Waals surface area (Å²) in [6.45, 7) is 0. The van der Waals surface area contributed by atoms with Crippen molar-refractivity contribution < 1.29 is 10.2 Å². The molecule has 33 heavy (non-hydrogen) atoms. The van der Waals surface area contributed by atoms with Crippen LogP contribution in [-0.2, 0) is 0 Å². The fraction of sp³-hybridized carbons (Fsp3) is 0. The van der Waals surface area contributed by atoms with Crippen molar-refractivity contribution in [2.75, 3.05) is 4.90 Å². The maximum absolute atomic E-state index is 9.81. The number of rotatable bonds is 5. The van der Waals surface area contributed by atoms with Crippen molar-refractivity contribution in [3.63, 3.8) is 0 Å². The summed E-state index contributed by atoms with van der Waals surface area (Å²) in [7, 11) is 0. The van der Waals surface area contributed by atoms with Crippen molar-refractivity contribution in [1.29, 1.82) is 0 Å². The van der Waals surface area contributed by atoms with Gasteiger partial charge in [0.2, 0.25) is 0 Å². The van der Waals surface area contributed by atoms with Crippen molar-refractivity contribution >= 4 is 17.1 Å². The minimum Gasteiger partial charge on any atom is -0.508 e. The molecule has 0 unspecified atom stereocenters. The molecule has 5 rings (SSSR count). The highest BCUT2D eigenvalue weighted by Crippen LogP contribution is 2.36. The van der Waals surface area contributed by atoms with E-state index in [1.54, 1.807) is 24.3 Å². The predicted octanol–water partition coefficient (Wildman–Crippen LogP) is 7.90. The van der Waals surface area contributed by atoms with Crippen LogP contribution in [0.3, 0.4) is 0 Å². The number of phenols is 2. The average Bonchev–Trinajstić information content (AvgIpc) is 2.86. The number of hydrogen-bond acceptors (Lipinski definition) is 3. The number of aromatic hydroxyl groups is 2. The summed E-state index contributed by atoms with van der Waals surface area (Å²) < 4.78 is 0. The van der Waals surface area contributed by atoms with Gasteiger partial charge in [0.25, 0.3) is 0 Å². The Morgan fingerprint density at radius 1 is 0.364 bits per heavy atom. The average molecular weight is 430 g/mol. The molecule has 0 aliphatic rings. The molecule has 0 aromatic heterocycles. The van der Waals surface area contributed by atoms with Crippen LogP contribution in [0.1, 0.15) is 0 Å². The quantitative estimate of drug-likeness (QED) is 0.298. The molecule has 0 atom stereocenters. The molecule has 3 nitrogen and oxygen atoms in total. The Labute approximate surface area is 193 Å². The molecule has 0 amide bonds. The maximum atomic E-state index is 9.81. The number of hydrogen-bond donors (Lipinski definition) is 2. The van der Waals surface area contributed by atoms with Gasteiger partial charge >= 0.3 is 0 Å². The van der Waals surface area contributed by atoms with E-state index in [1.807, 2.05) is 42.5 Å². The van der Waals surface area contributed by atoms with Gasteiger partial charge in [0.15, 0.2) is 0 Å². The van der Waals surface area contributed by atoms with Gasteiger partial charge in [-0.15, -0.1) is 0 Å². The molecule has 0 saturated heterocycles. The zero-order valence-electron chi connectivity index (χ0n) is 18.0. The van der Waals surface area contributed by atoms with Crippen LogP contribution in [0.2, 0.25) is 0 Å². The van der Waals surface area contributed by atoms with Gasteiger partial charge in [-0.3, -0.25) is 0 Å². The van der Waals surface area contributed by atoms with Gasteiger partial charge in [-0.05, 0) is 82.9 Å². The van der Waals surface area contributed by atoms with E-state index >= 15 is 0 Å². The van der Waals surface area contributed by atoms with E-state index in [0.29, 0.717) is 0 Å². The summed E-state index contributed by atoms with van der Waals surface area (Å²) in [6.07, 6.45) is 0. The Morgan fingerprint density at radius 3 is 1.39 bits per heavy atom. The molecule has 0 fully saturated rings. The molecule has 0 bridgehead atoms. The lowest BCUT2D eigenvalue weighted by Crippen LogP contribution is -2.09. The third kappa shape index (κ3) is 4.43. The summed E-state index contributed by atoms with van der Waals surface area (Å²) >= 11 is 0. The standard InChI is InChI=1S/C30H23NO2/c32-29-19-13-23(14-20-29)22-9-15-27(16-10-22)31(26-6-2-1-3-7-26)28-17-11-24(12-18-28)25-5-4-8-30(33)21-25/h1-21,32-33H. The highest BCUT2D eigenvalue weighted by atomic mass is 16.3. The van der Waals surface area contributed by atoms with E-state index < -0.39 is 0 Å². The Bertz CT molecular complexity index is 1340. The molecule has 0 radical (unpaired) electrons. The first-order valence-electron chi connectivity index (χ1n) is 10.8. The van der Waals surface area contributed by atoms with Gasteiger partial charge in [0.1, 0.15) is 11.5 Å². The number of benzene rings is 5. The minimum atomic E-state index is 0.260. The topological polar surface area (TPSA) is 43.7 Å². The third-order valence-corrected chi connectivity index (χ3v) is 5.65. The zero-order chi connectivity index (χ0) is 22.6. The van der Waals surface area contributed by atoms with Crippen LogP contribution in [0, 0.1) is 0 Å². The van der Waals surface area contributed by atoms with E-state index in [0.717, 1.165) is 39.3 Å². The fourth-order valence-corrected chi connectivity index (χ4v) is 3.97. The first-order valence-corrected chi connectivity index (χ1v) is 10.8. The number of para-hydroxylation sites is 1. The monoisotopic (exact) mass is 429 g/mol. The molecular formula is C30H23NO2. The van der Waals surface area contributed by atoms with Crippen LogP contribution in [-0.4, -0.2) is 10.2 Å². The SMILES string of the molecule is Oc1ccc(-c2ccc(N(c3ccccc3)c3ccc(-c4cccc(O)c4)cc3)cc2)cc1. The number of nitrogens with zero attached hydrogens (tertiary/aromatic N) is 1. The van der Waals surface area contributed by atoms with E-state index in [4.69, 9.17) is 0 Å². The Kier molecular flexibility index (Phi) is 5.52. The molecule has 5 aromatic carbocycles. The van der Waals surface area contributed by atoms with Crippen LogP contribution >= 0.6 is 0 Å². The number of phenolic OH excluding ortho intramolecular Hbond substituents is 2. The predicted molar refractivity (Wildman–Crippen MR) is 135 cm³/mol. The highest BCUT2D eigenvalue weighted by molar-refractivity contribution is 5.79. The van der Waals surface area contributed by atoms with Crippen molar-refractivity contribution in [2.24, 2.45) is 0 Å². The minimum absolute atomic E-state index is 0.260. The van der Waals surface area contributed by atoms with Gasteiger partial charge in [-0.2, -0.15) is 0 Å². The Hall–Kier alpha value is -4.50. The smallest absolute Gasteiger partial charge is 0.116 e. The van der Waals surface area contributed by atoms with E-state index in [2.05, 4.69) is 65.6 Å². The second-order valence-electron chi connectivity index (χ2n) is 7.86. The van der Waals surface area contributed by atoms with Crippen molar-refractivity contribution in [3.8, 4) is 33.8 Å².